The third-order valence-electron chi connectivity index (χ3n) is 20.5. The van der Waals surface area contributed by atoms with Crippen LogP contribution in [0.3, 0.4) is 0 Å². The fraction of sp³-hybridized carbons (Fsp3) is 0.123. The number of carbonyl (C=O) groups is 5. The number of nitrogens with zero attached hydrogens (tertiary/aromatic N) is 5. The Bertz CT molecular complexity index is 8050. The average molecular weight is 2160 g/mol. The number of carbonyl (C=O) groups excluding carboxylic acids is 5. The van der Waals surface area contributed by atoms with E-state index < -0.39 is 89.6 Å². The summed E-state index contributed by atoms with van der Waals surface area (Å²) in [5.74, 6) is -0.460. The zero-order valence-corrected chi connectivity index (χ0v) is 85.9. The Morgan fingerprint density at radius 1 is 0.372 bits per heavy atom. The molecule has 0 aliphatic carbocycles. The number of ketones is 5. The van der Waals surface area contributed by atoms with Crippen LogP contribution in [0.25, 0.3) is 10.6 Å². The van der Waals surface area contributed by atoms with Crippen molar-refractivity contribution in [3.8, 4) is 27.9 Å². The number of sulfonamides is 5. The summed E-state index contributed by atoms with van der Waals surface area (Å²) in [6, 6.07) is 79.5. The van der Waals surface area contributed by atoms with Crippen molar-refractivity contribution in [2.75, 3.05) is 23.6 Å². The topological polar surface area (TPSA) is 452 Å². The normalized spacial score (nSPS) is 11.4. The number of pyridine rings is 4. The lowest BCUT2D eigenvalue weighted by Gasteiger charge is -2.15. The number of thiophene rings is 1. The van der Waals surface area contributed by atoms with Crippen molar-refractivity contribution < 1.29 is 103 Å². The standard InChI is InChI=1S/C23H20F3NO4S.C21H19ClN2O3S.C21H19N3O6S.C21H20N2O4S.C20H13ClN2O4S2/c1-15(2)31-18-9-11-19(12-10-18)32(29,30)27-21-13-8-17(23(24,25)26)14-20(21)22(28)16-6-4-3-5-7-16;1-14(2)15-8-10-18(11-9-15)28(26,27)24-21-19(12-17(22)13-23-21)20(25)16-6-4-3-5-7-16;1-14(2)30-17-8-10-18(11-9-17)31(28,29)23-21-19(12-16(13-22-21)24(26)27)20(25)15-6-4-3-5-7-15;1-15(2)27-17-8-10-18(11-9-17)28(25,26)23-20-12-13-22-14-19(20)21(24)16-6-4-3-5-7-16;21-14-11-15(19(24)13-5-2-1-3-6-13)20(22-12-14)23-29(25,26)18-9-8-17(28-18)16-7-4-10-27-16/h3-15,27H,1-2H3;3-14H,1-2H3,(H,23,24);3-14H,1-2H3,(H,22,23);3-15H,1-2H3,(H,22,23);1-12H,(H,22,23). The molecule has 0 spiro atoms. The van der Waals surface area contributed by atoms with Crippen LogP contribution in [0.1, 0.15) is 152 Å². The van der Waals surface area contributed by atoms with E-state index in [1.165, 1.54) is 152 Å². The van der Waals surface area contributed by atoms with Crippen LogP contribution in [-0.2, 0) is 56.3 Å². The summed E-state index contributed by atoms with van der Waals surface area (Å²) in [6.07, 6.45) is 2.88. The molecule has 6 heterocycles. The molecule has 0 unspecified atom stereocenters. The van der Waals surface area contributed by atoms with E-state index in [9.17, 15) is 89.3 Å². The minimum Gasteiger partial charge on any atom is -0.491 e. The van der Waals surface area contributed by atoms with Gasteiger partial charge in [0.05, 0.1) is 103 Å². The minimum atomic E-state index is -4.70. The molecule has 0 bridgehead atoms. The number of hydrogen-bond acceptors (Lipinski definition) is 26. The van der Waals surface area contributed by atoms with Gasteiger partial charge < -0.3 is 18.6 Å². The van der Waals surface area contributed by atoms with Gasteiger partial charge in [-0.15, -0.1) is 11.3 Å². The molecule has 10 aromatic carbocycles. The highest BCUT2D eigenvalue weighted by atomic mass is 35.5. The molecule has 148 heavy (non-hydrogen) atoms. The van der Waals surface area contributed by atoms with Crippen LogP contribution in [0, 0.1) is 10.1 Å². The van der Waals surface area contributed by atoms with E-state index >= 15 is 0 Å². The zero-order valence-electron chi connectivity index (χ0n) is 79.4. The molecule has 0 radical (unpaired) electrons. The molecule has 6 aromatic heterocycles. The predicted molar refractivity (Wildman–Crippen MR) is 558 cm³/mol. The molecular weight excluding hydrogens is 2070 g/mol. The van der Waals surface area contributed by atoms with E-state index in [1.807, 2.05) is 55.4 Å². The smallest absolute Gasteiger partial charge is 0.416 e. The number of rotatable bonds is 34. The molecule has 42 heteroatoms. The van der Waals surface area contributed by atoms with Crippen LogP contribution in [0.5, 0.6) is 17.2 Å². The Labute approximate surface area is 865 Å². The quantitative estimate of drug-likeness (QED) is 0.0142. The van der Waals surface area contributed by atoms with E-state index in [0.29, 0.717) is 50.6 Å². The molecule has 0 aliphatic heterocycles. The van der Waals surface area contributed by atoms with Crippen LogP contribution in [0.4, 0.5) is 47.7 Å². The second-order valence-electron chi connectivity index (χ2n) is 32.9. The summed E-state index contributed by atoms with van der Waals surface area (Å²) >= 11 is 13.0. The second kappa shape index (κ2) is 49.3. The number of nitrogens with one attached hydrogen (secondary N) is 5. The van der Waals surface area contributed by atoms with Crippen LogP contribution in [0.2, 0.25) is 10.0 Å². The molecule has 31 nitrogen and oxygen atoms in total. The highest BCUT2D eigenvalue weighted by Crippen LogP contribution is 2.38. The summed E-state index contributed by atoms with van der Waals surface area (Å²) in [7, 11) is -20.1. The maximum absolute atomic E-state index is 13.2. The van der Waals surface area contributed by atoms with Gasteiger partial charge in [0.2, 0.25) is 0 Å². The average Bonchev–Trinajstić information content (AvgIpc) is 1.34. The number of halogens is 5. The third kappa shape index (κ3) is 30.1. The SMILES string of the molecule is CC(C)Oc1ccc(S(=O)(=O)Nc2ccc(C(F)(F)F)cc2C(=O)c2ccccc2)cc1.CC(C)Oc1ccc(S(=O)(=O)Nc2ccncc2C(=O)c2ccccc2)cc1.CC(C)Oc1ccc(S(=O)(=O)Nc2ncc([N+](=O)[O-])cc2C(=O)c2ccccc2)cc1.CC(C)c1ccc(S(=O)(=O)Nc2ncc(Cl)cc2C(=O)c2ccccc2)cc1.O=C(c1ccccc1)c1cc(Cl)cnc1NS(=O)(=O)c1ccc(-c2ccco2)s1. The molecule has 16 rings (SSSR count). The number of benzene rings is 10. The molecule has 762 valence electrons. The monoisotopic (exact) mass is 2160 g/mol. The van der Waals surface area contributed by atoms with E-state index in [-0.39, 0.29) is 138 Å². The minimum absolute atomic E-state index is 0.0102. The molecule has 0 saturated carbocycles. The van der Waals surface area contributed by atoms with Crippen molar-refractivity contribution in [1.29, 1.82) is 0 Å². The number of hydrogen-bond donors (Lipinski definition) is 5. The van der Waals surface area contributed by atoms with Crippen molar-refractivity contribution in [2.24, 2.45) is 0 Å². The van der Waals surface area contributed by atoms with Gasteiger partial charge in [-0.1, -0.05) is 201 Å². The summed E-state index contributed by atoms with van der Waals surface area (Å²) in [4.78, 5) is 91.1. The third-order valence-corrected chi connectivity index (χ3v) is 29.3. The van der Waals surface area contributed by atoms with Gasteiger partial charge in [-0.25, -0.2) is 57.0 Å². The Hall–Kier alpha value is -16.0. The van der Waals surface area contributed by atoms with Gasteiger partial charge in [-0.2, -0.15) is 13.2 Å². The van der Waals surface area contributed by atoms with Crippen LogP contribution in [0.15, 0.2) is 381 Å². The van der Waals surface area contributed by atoms with Crippen LogP contribution < -0.4 is 37.8 Å². The van der Waals surface area contributed by atoms with Gasteiger partial charge in [0.15, 0.2) is 46.4 Å². The van der Waals surface area contributed by atoms with Crippen molar-refractivity contribution >= 4 is 148 Å². The van der Waals surface area contributed by atoms with Gasteiger partial charge >= 0.3 is 6.18 Å². The first-order valence-corrected chi connectivity index (χ1v) is 53.5. The molecule has 5 N–H and O–H groups in total. The summed E-state index contributed by atoms with van der Waals surface area (Å²) in [5.41, 5.74) is 0.762. The lowest BCUT2D eigenvalue weighted by atomic mass is 9.99. The maximum Gasteiger partial charge on any atom is 0.416 e. The van der Waals surface area contributed by atoms with E-state index in [4.69, 9.17) is 41.8 Å². The van der Waals surface area contributed by atoms with Gasteiger partial charge in [0.25, 0.3) is 55.8 Å². The fourth-order valence-electron chi connectivity index (χ4n) is 13.5. The first kappa shape index (κ1) is 111. The molecule has 0 atom stereocenters. The predicted octanol–water partition coefficient (Wildman–Crippen LogP) is 23.2. The molecule has 0 fully saturated rings. The fourth-order valence-corrected chi connectivity index (χ4v) is 20.3. The molecule has 0 amide bonds. The maximum atomic E-state index is 13.2. The van der Waals surface area contributed by atoms with Gasteiger partial charge in [0, 0.05) is 64.2 Å². The zero-order chi connectivity index (χ0) is 107. The number of furan rings is 1. The highest BCUT2D eigenvalue weighted by Gasteiger charge is 2.34. The van der Waals surface area contributed by atoms with Gasteiger partial charge in [-0.05, 0) is 199 Å². The van der Waals surface area contributed by atoms with Crippen molar-refractivity contribution in [3.63, 3.8) is 0 Å². The largest absolute Gasteiger partial charge is 0.491 e. The number of ether oxygens (including phenoxy) is 3. The lowest BCUT2D eigenvalue weighted by Crippen LogP contribution is -2.17. The molecule has 16 aromatic rings. The highest BCUT2D eigenvalue weighted by molar-refractivity contribution is 7.95. The number of aromatic nitrogens is 4. The van der Waals surface area contributed by atoms with Gasteiger partial charge in [-0.3, -0.25) is 62.7 Å². The Balaban J connectivity index is 0.000000164. The number of anilines is 5. The van der Waals surface area contributed by atoms with Crippen molar-refractivity contribution in [2.45, 2.75) is 110 Å². The van der Waals surface area contributed by atoms with E-state index in [0.717, 1.165) is 41.3 Å². The van der Waals surface area contributed by atoms with Gasteiger partial charge in [0.1, 0.15) is 33.4 Å². The first-order chi connectivity index (χ1) is 70.2. The number of nitro groups is 1. The van der Waals surface area contributed by atoms with Crippen molar-refractivity contribution in [1.82, 2.24) is 19.9 Å². The summed E-state index contributed by atoms with van der Waals surface area (Å²) in [6.45, 7) is 15.2. The second-order valence-corrected chi connectivity index (χ2v) is 43.5. The molecule has 0 aliphatic rings. The van der Waals surface area contributed by atoms with Crippen LogP contribution >= 0.6 is 34.5 Å². The molecule has 0 saturated heterocycles. The Morgan fingerprint density at radius 2 is 0.709 bits per heavy atom. The number of alkyl halides is 3. The Kier molecular flexibility index (Phi) is 36.9. The molecular formula is C106H91Cl2F3N10O21S6. The van der Waals surface area contributed by atoms with Crippen molar-refractivity contribution in [3.05, 3.63) is 440 Å². The van der Waals surface area contributed by atoms with E-state index in [1.54, 1.807) is 170 Å². The van der Waals surface area contributed by atoms with E-state index in [2.05, 4.69) is 43.5 Å². The first-order valence-electron chi connectivity index (χ1n) is 44.5. The summed E-state index contributed by atoms with van der Waals surface area (Å²) in [5, 5.41) is 11.6. The Morgan fingerprint density at radius 3 is 1.06 bits per heavy atom. The summed E-state index contributed by atoms with van der Waals surface area (Å²) < 4.78 is 202. The lowest BCUT2D eigenvalue weighted by molar-refractivity contribution is -0.385. The van der Waals surface area contributed by atoms with Crippen LogP contribution in [-0.4, -0.2) is 114 Å².